The van der Waals surface area contributed by atoms with E-state index in [0.717, 1.165) is 32.1 Å². The molecule has 4 nitrogen and oxygen atoms in total. The second kappa shape index (κ2) is 10.7. The Morgan fingerprint density at radius 2 is 1.82 bits per heavy atom. The summed E-state index contributed by atoms with van der Waals surface area (Å²) in [7, 11) is 0. The molecular formula is C26H34F3N3O. The fourth-order valence-corrected chi connectivity index (χ4v) is 4.38. The molecule has 0 spiro atoms. The van der Waals surface area contributed by atoms with Crippen LogP contribution in [0.1, 0.15) is 66.7 Å². The number of rotatable bonds is 7. The molecule has 1 unspecified atom stereocenters. The number of aryl methyl sites for hydroxylation is 2. The Labute approximate surface area is 194 Å². The van der Waals surface area contributed by atoms with Gasteiger partial charge in [0.2, 0.25) is 0 Å². The van der Waals surface area contributed by atoms with Crippen molar-refractivity contribution in [3.05, 3.63) is 52.7 Å². The maximum Gasteiger partial charge on any atom is 0.417 e. The lowest BCUT2D eigenvalue weighted by Gasteiger charge is -2.33. The van der Waals surface area contributed by atoms with Gasteiger partial charge < -0.3 is 10.2 Å². The maximum absolute atomic E-state index is 13.6. The second-order valence-corrected chi connectivity index (χ2v) is 9.26. The van der Waals surface area contributed by atoms with Gasteiger partial charge >= 0.3 is 6.18 Å². The predicted octanol–water partition coefficient (Wildman–Crippen LogP) is 6.01. The van der Waals surface area contributed by atoms with Crippen LogP contribution in [0.5, 0.6) is 0 Å². The number of nitrogens with zero attached hydrogens (tertiary/aromatic N) is 2. The van der Waals surface area contributed by atoms with Crippen molar-refractivity contribution in [2.45, 2.75) is 65.6 Å². The molecule has 0 aliphatic carbocycles. The molecule has 1 fully saturated rings. The molecule has 3 rings (SSSR count). The van der Waals surface area contributed by atoms with Gasteiger partial charge in [0, 0.05) is 29.4 Å². The van der Waals surface area contributed by atoms with Gasteiger partial charge in [-0.15, -0.1) is 0 Å². The molecule has 1 amide bonds. The molecule has 2 aromatic rings. The molecular weight excluding hydrogens is 427 g/mol. The molecule has 2 heterocycles. The Hall–Kier alpha value is -2.41. The van der Waals surface area contributed by atoms with Crippen LogP contribution in [0.15, 0.2) is 30.3 Å². The number of carbonyl (C=O) groups excluding carboxylic acids is 1. The van der Waals surface area contributed by atoms with E-state index >= 15 is 0 Å². The number of hydrogen-bond acceptors (Lipinski definition) is 3. The molecule has 0 saturated carbocycles. The lowest BCUT2D eigenvalue weighted by Crippen LogP contribution is -2.48. The standard InChI is InChI=1S/C26H34F3N3O/c1-5-18(3)24(16-32-11-7-6-8-12-32)31-25(33)20-14-19(4)30-23(15-20)21-13-17(2)9-10-22(21)26(27,28)29/h9-10,13-15,18,24H,5-8,11-12,16H2,1-4H3,(H,31,33)/t18?,24-/m1/s1. The van der Waals surface area contributed by atoms with E-state index in [4.69, 9.17) is 0 Å². The van der Waals surface area contributed by atoms with E-state index in [2.05, 4.69) is 29.0 Å². The number of pyridine rings is 1. The van der Waals surface area contributed by atoms with Gasteiger partial charge in [-0.2, -0.15) is 13.2 Å². The van der Waals surface area contributed by atoms with Crippen LogP contribution in [-0.2, 0) is 6.18 Å². The number of alkyl halides is 3. The van der Waals surface area contributed by atoms with E-state index in [-0.39, 0.29) is 29.1 Å². The molecule has 33 heavy (non-hydrogen) atoms. The molecule has 1 aliphatic rings. The highest BCUT2D eigenvalue weighted by molar-refractivity contribution is 5.95. The molecule has 7 heteroatoms. The van der Waals surface area contributed by atoms with Crippen molar-refractivity contribution in [3.63, 3.8) is 0 Å². The van der Waals surface area contributed by atoms with Gasteiger partial charge in [0.1, 0.15) is 0 Å². The zero-order valence-corrected chi connectivity index (χ0v) is 19.9. The van der Waals surface area contributed by atoms with Gasteiger partial charge in [-0.05, 0) is 70.0 Å². The Balaban J connectivity index is 1.89. The second-order valence-electron chi connectivity index (χ2n) is 9.26. The van der Waals surface area contributed by atoms with Gasteiger partial charge in [0.25, 0.3) is 5.91 Å². The van der Waals surface area contributed by atoms with Crippen molar-refractivity contribution >= 4 is 5.91 Å². The average molecular weight is 462 g/mol. The molecule has 1 aromatic heterocycles. The van der Waals surface area contributed by atoms with Crippen LogP contribution < -0.4 is 5.32 Å². The quantitative estimate of drug-likeness (QED) is 0.549. The first-order chi connectivity index (χ1) is 15.6. The summed E-state index contributed by atoms with van der Waals surface area (Å²) in [6.45, 7) is 10.5. The summed E-state index contributed by atoms with van der Waals surface area (Å²) in [6.07, 6.45) is 0.0116. The topological polar surface area (TPSA) is 45.2 Å². The van der Waals surface area contributed by atoms with E-state index in [1.165, 1.54) is 37.5 Å². The highest BCUT2D eigenvalue weighted by Gasteiger charge is 2.34. The third-order valence-electron chi connectivity index (χ3n) is 6.52. The van der Waals surface area contributed by atoms with E-state index in [1.807, 2.05) is 0 Å². The van der Waals surface area contributed by atoms with Gasteiger partial charge in [-0.25, -0.2) is 0 Å². The molecule has 0 bridgehead atoms. The number of piperidine rings is 1. The maximum atomic E-state index is 13.6. The highest BCUT2D eigenvalue weighted by Crippen LogP contribution is 2.37. The summed E-state index contributed by atoms with van der Waals surface area (Å²) in [4.78, 5) is 20.0. The SMILES string of the molecule is CCC(C)[C@@H](CN1CCCCC1)NC(=O)c1cc(C)nc(-c2cc(C)ccc2C(F)(F)F)c1. The average Bonchev–Trinajstić information content (AvgIpc) is 2.77. The van der Waals surface area contributed by atoms with Crippen molar-refractivity contribution in [2.24, 2.45) is 5.92 Å². The zero-order valence-electron chi connectivity index (χ0n) is 19.9. The van der Waals surface area contributed by atoms with E-state index in [9.17, 15) is 18.0 Å². The van der Waals surface area contributed by atoms with E-state index in [0.29, 0.717) is 16.8 Å². The van der Waals surface area contributed by atoms with Crippen LogP contribution in [0.25, 0.3) is 11.3 Å². The Kier molecular flexibility index (Phi) is 8.16. The monoisotopic (exact) mass is 461 g/mol. The Morgan fingerprint density at radius 1 is 1.12 bits per heavy atom. The minimum absolute atomic E-state index is 0.00737. The Morgan fingerprint density at radius 3 is 2.45 bits per heavy atom. The smallest absolute Gasteiger partial charge is 0.348 e. The van der Waals surface area contributed by atoms with Crippen molar-refractivity contribution < 1.29 is 18.0 Å². The van der Waals surface area contributed by atoms with E-state index < -0.39 is 11.7 Å². The number of hydrogen-bond donors (Lipinski definition) is 1. The van der Waals surface area contributed by atoms with Crippen LogP contribution in [-0.4, -0.2) is 41.5 Å². The molecule has 2 atom stereocenters. The molecule has 180 valence electrons. The fraction of sp³-hybridized carbons (Fsp3) is 0.538. The van der Waals surface area contributed by atoms with Crippen molar-refractivity contribution in [1.29, 1.82) is 0 Å². The summed E-state index contributed by atoms with van der Waals surface area (Å²) < 4.78 is 40.9. The fourth-order valence-electron chi connectivity index (χ4n) is 4.38. The largest absolute Gasteiger partial charge is 0.417 e. The predicted molar refractivity (Wildman–Crippen MR) is 125 cm³/mol. The lowest BCUT2D eigenvalue weighted by molar-refractivity contribution is -0.137. The van der Waals surface area contributed by atoms with Crippen LogP contribution in [0.4, 0.5) is 13.2 Å². The normalized spacial score (nSPS) is 16.9. The van der Waals surface area contributed by atoms with Gasteiger partial charge in [-0.1, -0.05) is 38.3 Å². The number of likely N-dealkylation sites (tertiary alicyclic amines) is 1. The van der Waals surface area contributed by atoms with Gasteiger partial charge in [-0.3, -0.25) is 9.78 Å². The zero-order chi connectivity index (χ0) is 24.2. The van der Waals surface area contributed by atoms with Crippen LogP contribution in [0, 0.1) is 19.8 Å². The highest BCUT2D eigenvalue weighted by atomic mass is 19.4. The van der Waals surface area contributed by atoms with Crippen LogP contribution in [0.2, 0.25) is 0 Å². The summed E-state index contributed by atoms with van der Waals surface area (Å²) >= 11 is 0. The molecule has 1 saturated heterocycles. The number of aromatic nitrogens is 1. The van der Waals surface area contributed by atoms with Crippen molar-refractivity contribution in [2.75, 3.05) is 19.6 Å². The van der Waals surface area contributed by atoms with Crippen LogP contribution in [0.3, 0.4) is 0 Å². The van der Waals surface area contributed by atoms with Crippen LogP contribution >= 0.6 is 0 Å². The summed E-state index contributed by atoms with van der Waals surface area (Å²) in [5, 5.41) is 3.16. The third-order valence-corrected chi connectivity index (χ3v) is 6.52. The third kappa shape index (κ3) is 6.56. The lowest BCUT2D eigenvalue weighted by atomic mass is 9.96. The minimum Gasteiger partial charge on any atom is -0.348 e. The summed E-state index contributed by atoms with van der Waals surface area (Å²) in [5.41, 5.74) is 0.938. The first-order valence-corrected chi connectivity index (χ1v) is 11.8. The minimum atomic E-state index is -4.51. The number of benzene rings is 1. The summed E-state index contributed by atoms with van der Waals surface area (Å²) in [5.74, 6) is 0.0113. The number of amides is 1. The van der Waals surface area contributed by atoms with Crippen molar-refractivity contribution in [3.8, 4) is 11.3 Å². The number of carbonyl (C=O) groups is 1. The van der Waals surface area contributed by atoms with Gasteiger partial charge in [0.15, 0.2) is 0 Å². The molecule has 0 radical (unpaired) electrons. The Bertz CT molecular complexity index is 968. The van der Waals surface area contributed by atoms with E-state index in [1.54, 1.807) is 19.9 Å². The number of halogens is 3. The molecule has 1 aromatic carbocycles. The van der Waals surface area contributed by atoms with Gasteiger partial charge in [0.05, 0.1) is 11.3 Å². The first kappa shape index (κ1) is 25.2. The molecule has 1 aliphatic heterocycles. The molecule has 1 N–H and O–H groups in total. The number of nitrogens with one attached hydrogen (secondary N) is 1. The van der Waals surface area contributed by atoms with Crippen molar-refractivity contribution in [1.82, 2.24) is 15.2 Å². The summed E-state index contributed by atoms with van der Waals surface area (Å²) in [6, 6.07) is 7.07. The first-order valence-electron chi connectivity index (χ1n) is 11.8.